The molecule has 0 aliphatic carbocycles. The van der Waals surface area contributed by atoms with Crippen molar-refractivity contribution in [1.82, 2.24) is 4.98 Å². The number of furan rings is 1. The van der Waals surface area contributed by atoms with Gasteiger partial charge in [0.25, 0.3) is 0 Å². The van der Waals surface area contributed by atoms with Crippen molar-refractivity contribution in [1.29, 1.82) is 0 Å². The van der Waals surface area contributed by atoms with Crippen molar-refractivity contribution in [3.63, 3.8) is 0 Å². The number of hydrogen-bond donors (Lipinski definition) is 1. The number of rotatable bonds is 3. The van der Waals surface area contributed by atoms with Crippen LogP contribution in [0.5, 0.6) is 0 Å². The summed E-state index contributed by atoms with van der Waals surface area (Å²) < 4.78 is 10.4. The molecule has 0 unspecified atom stereocenters. The number of carboxylic acids is 1. The van der Waals surface area contributed by atoms with Crippen LogP contribution in [-0.4, -0.2) is 16.1 Å². The molecule has 0 aliphatic heterocycles. The number of carboxylic acid groups (broad SMARTS) is 1. The Balaban J connectivity index is 2.49. The molecule has 0 aromatic carbocycles. The lowest BCUT2D eigenvalue weighted by Gasteiger charge is -1.93. The molecule has 2 aromatic heterocycles. The van der Waals surface area contributed by atoms with Crippen molar-refractivity contribution in [2.75, 3.05) is 0 Å². The SMILES string of the molecule is CCc1occc1-c1nc(C)c(C(=O)O)o1. The topological polar surface area (TPSA) is 76.5 Å². The van der Waals surface area contributed by atoms with Crippen molar-refractivity contribution >= 4 is 5.97 Å². The van der Waals surface area contributed by atoms with Crippen molar-refractivity contribution in [2.45, 2.75) is 20.3 Å². The zero-order valence-corrected chi connectivity index (χ0v) is 8.98. The van der Waals surface area contributed by atoms with Gasteiger partial charge in [-0.1, -0.05) is 6.92 Å². The Morgan fingerprint density at radius 1 is 1.56 bits per heavy atom. The number of aromatic nitrogens is 1. The number of nitrogens with zero attached hydrogens (tertiary/aromatic N) is 1. The molecule has 5 nitrogen and oxygen atoms in total. The Morgan fingerprint density at radius 2 is 2.31 bits per heavy atom. The van der Waals surface area contributed by atoms with Crippen LogP contribution in [-0.2, 0) is 6.42 Å². The summed E-state index contributed by atoms with van der Waals surface area (Å²) in [7, 11) is 0. The van der Waals surface area contributed by atoms with Crippen molar-refractivity contribution in [2.24, 2.45) is 0 Å². The van der Waals surface area contributed by atoms with Gasteiger partial charge in [-0.25, -0.2) is 9.78 Å². The van der Waals surface area contributed by atoms with Gasteiger partial charge in [0.15, 0.2) is 0 Å². The first-order valence-electron chi connectivity index (χ1n) is 4.91. The summed E-state index contributed by atoms with van der Waals surface area (Å²) in [6.07, 6.45) is 2.24. The summed E-state index contributed by atoms with van der Waals surface area (Å²) >= 11 is 0. The van der Waals surface area contributed by atoms with Crippen LogP contribution >= 0.6 is 0 Å². The molecular formula is C11H11NO4. The van der Waals surface area contributed by atoms with E-state index in [9.17, 15) is 4.79 Å². The van der Waals surface area contributed by atoms with E-state index in [0.717, 1.165) is 5.76 Å². The lowest BCUT2D eigenvalue weighted by atomic mass is 10.2. The molecule has 0 fully saturated rings. The summed E-state index contributed by atoms with van der Waals surface area (Å²) in [4.78, 5) is 14.9. The fourth-order valence-electron chi connectivity index (χ4n) is 1.52. The average molecular weight is 221 g/mol. The summed E-state index contributed by atoms with van der Waals surface area (Å²) in [5.41, 5.74) is 1.07. The third-order valence-electron chi connectivity index (χ3n) is 2.29. The summed E-state index contributed by atoms with van der Waals surface area (Å²) in [6.45, 7) is 3.54. The number of aryl methyl sites for hydroxylation is 2. The van der Waals surface area contributed by atoms with Gasteiger partial charge in [-0.15, -0.1) is 0 Å². The van der Waals surface area contributed by atoms with Crippen LogP contribution in [0.15, 0.2) is 21.2 Å². The summed E-state index contributed by atoms with van der Waals surface area (Å²) in [5, 5.41) is 8.85. The van der Waals surface area contributed by atoms with Crippen molar-refractivity contribution in [3.8, 4) is 11.5 Å². The molecule has 84 valence electrons. The normalized spacial score (nSPS) is 10.6. The minimum atomic E-state index is -1.11. The van der Waals surface area contributed by atoms with E-state index in [0.29, 0.717) is 23.6 Å². The van der Waals surface area contributed by atoms with E-state index in [1.165, 1.54) is 6.26 Å². The monoisotopic (exact) mass is 221 g/mol. The molecule has 0 radical (unpaired) electrons. The number of oxazole rings is 1. The lowest BCUT2D eigenvalue weighted by molar-refractivity contribution is 0.0662. The summed E-state index contributed by atoms with van der Waals surface area (Å²) in [6, 6.07) is 1.72. The van der Waals surface area contributed by atoms with Crippen LogP contribution in [0.25, 0.3) is 11.5 Å². The van der Waals surface area contributed by atoms with Crippen LogP contribution in [0.2, 0.25) is 0 Å². The van der Waals surface area contributed by atoms with E-state index in [1.807, 2.05) is 6.92 Å². The van der Waals surface area contributed by atoms with E-state index in [4.69, 9.17) is 13.9 Å². The van der Waals surface area contributed by atoms with Gasteiger partial charge in [-0.3, -0.25) is 0 Å². The van der Waals surface area contributed by atoms with Crippen molar-refractivity contribution in [3.05, 3.63) is 29.5 Å². The highest BCUT2D eigenvalue weighted by Crippen LogP contribution is 2.26. The molecule has 2 aromatic rings. The third kappa shape index (κ3) is 1.60. The van der Waals surface area contributed by atoms with Crippen LogP contribution in [0, 0.1) is 6.92 Å². The van der Waals surface area contributed by atoms with Gasteiger partial charge in [0.2, 0.25) is 11.7 Å². The molecular weight excluding hydrogens is 210 g/mol. The molecule has 2 rings (SSSR count). The standard InChI is InChI=1S/C11H11NO4/c1-3-8-7(4-5-15-8)10-12-6(2)9(16-10)11(13)14/h4-5H,3H2,1-2H3,(H,13,14). The Hall–Kier alpha value is -2.04. The number of carbonyl (C=O) groups is 1. The van der Waals surface area contributed by atoms with Crippen LogP contribution < -0.4 is 0 Å². The highest BCUT2D eigenvalue weighted by molar-refractivity contribution is 5.86. The first kappa shape index (κ1) is 10.5. The van der Waals surface area contributed by atoms with Gasteiger partial charge in [-0.05, 0) is 13.0 Å². The number of hydrogen-bond acceptors (Lipinski definition) is 4. The van der Waals surface area contributed by atoms with Crippen molar-refractivity contribution < 1.29 is 18.7 Å². The Bertz CT molecular complexity index is 524. The molecule has 0 saturated heterocycles. The second-order valence-corrected chi connectivity index (χ2v) is 3.35. The van der Waals surface area contributed by atoms with Gasteiger partial charge < -0.3 is 13.9 Å². The van der Waals surface area contributed by atoms with E-state index in [2.05, 4.69) is 4.98 Å². The first-order chi connectivity index (χ1) is 7.63. The van der Waals surface area contributed by atoms with Gasteiger partial charge in [0, 0.05) is 6.42 Å². The van der Waals surface area contributed by atoms with E-state index < -0.39 is 5.97 Å². The average Bonchev–Trinajstić information content (AvgIpc) is 2.82. The quantitative estimate of drug-likeness (QED) is 0.861. The maximum Gasteiger partial charge on any atom is 0.373 e. The second-order valence-electron chi connectivity index (χ2n) is 3.35. The largest absolute Gasteiger partial charge is 0.475 e. The lowest BCUT2D eigenvalue weighted by Crippen LogP contribution is -1.95. The van der Waals surface area contributed by atoms with Gasteiger partial charge >= 0.3 is 5.97 Å². The molecule has 0 spiro atoms. The molecule has 0 bridgehead atoms. The maximum absolute atomic E-state index is 10.8. The fraction of sp³-hybridized carbons (Fsp3) is 0.273. The summed E-state index contributed by atoms with van der Waals surface area (Å²) in [5.74, 6) is -0.213. The van der Waals surface area contributed by atoms with Gasteiger partial charge in [-0.2, -0.15) is 0 Å². The molecule has 0 aliphatic rings. The fourth-order valence-corrected chi connectivity index (χ4v) is 1.52. The molecule has 0 atom stereocenters. The predicted octanol–water partition coefficient (Wildman–Crippen LogP) is 2.50. The third-order valence-corrected chi connectivity index (χ3v) is 2.29. The highest BCUT2D eigenvalue weighted by Gasteiger charge is 2.19. The zero-order chi connectivity index (χ0) is 11.7. The highest BCUT2D eigenvalue weighted by atomic mass is 16.4. The second kappa shape index (κ2) is 3.84. The first-order valence-corrected chi connectivity index (χ1v) is 4.91. The molecule has 5 heteroatoms. The maximum atomic E-state index is 10.8. The molecule has 16 heavy (non-hydrogen) atoms. The predicted molar refractivity (Wildman–Crippen MR) is 55.3 cm³/mol. The zero-order valence-electron chi connectivity index (χ0n) is 8.98. The minimum Gasteiger partial charge on any atom is -0.475 e. The number of aromatic carboxylic acids is 1. The van der Waals surface area contributed by atoms with Crippen LogP contribution in [0.4, 0.5) is 0 Å². The molecule has 2 heterocycles. The Labute approximate surface area is 91.7 Å². The van der Waals surface area contributed by atoms with Crippen LogP contribution in [0.3, 0.4) is 0 Å². The van der Waals surface area contributed by atoms with Crippen LogP contribution in [0.1, 0.15) is 28.9 Å². The van der Waals surface area contributed by atoms with E-state index in [-0.39, 0.29) is 5.76 Å². The Morgan fingerprint density at radius 3 is 2.88 bits per heavy atom. The van der Waals surface area contributed by atoms with Gasteiger partial charge in [0.1, 0.15) is 5.76 Å². The molecule has 0 saturated carbocycles. The minimum absolute atomic E-state index is 0.127. The Kier molecular flexibility index (Phi) is 2.52. The van der Waals surface area contributed by atoms with Gasteiger partial charge in [0.05, 0.1) is 17.5 Å². The smallest absolute Gasteiger partial charge is 0.373 e. The molecule has 1 N–H and O–H groups in total. The molecule has 0 amide bonds. The van der Waals surface area contributed by atoms with E-state index in [1.54, 1.807) is 13.0 Å². The van der Waals surface area contributed by atoms with E-state index >= 15 is 0 Å².